The number of hydrogen-bond donors (Lipinski definition) is 1. The van der Waals surface area contributed by atoms with E-state index in [0.717, 1.165) is 55.0 Å². The minimum absolute atomic E-state index is 0.100. The number of nitrogens with one attached hydrogen (secondary N) is 1. The Morgan fingerprint density at radius 2 is 1.74 bits per heavy atom. The summed E-state index contributed by atoms with van der Waals surface area (Å²) >= 11 is 6.10. The van der Waals surface area contributed by atoms with Crippen molar-refractivity contribution in [2.75, 3.05) is 18.4 Å². The average molecular weight is 495 g/mol. The smallest absolute Gasteiger partial charge is 0.227 e. The minimum Gasteiger partial charge on any atom is -0.465 e. The van der Waals surface area contributed by atoms with Crippen LogP contribution in [0, 0.1) is 17.8 Å². The van der Waals surface area contributed by atoms with Crippen LogP contribution in [-0.2, 0) is 4.79 Å². The van der Waals surface area contributed by atoms with E-state index in [0.29, 0.717) is 17.9 Å². The highest BCUT2D eigenvalue weighted by Crippen LogP contribution is 2.38. The molecule has 0 aromatic heterocycles. The van der Waals surface area contributed by atoms with E-state index in [2.05, 4.69) is 22.4 Å². The number of nitrogens with zero attached hydrogens (tertiary/aromatic N) is 1. The first kappa shape index (κ1) is 24.6. The van der Waals surface area contributed by atoms with Crippen LogP contribution >= 0.6 is 11.6 Å². The zero-order chi connectivity index (χ0) is 24.0. The lowest BCUT2D eigenvalue weighted by Gasteiger charge is -2.43. The maximum Gasteiger partial charge on any atom is 0.227 e. The summed E-state index contributed by atoms with van der Waals surface area (Å²) < 4.78 is 5.91. The molecule has 2 atom stereocenters. The Labute approximate surface area is 215 Å². The van der Waals surface area contributed by atoms with Crippen LogP contribution < -0.4 is 10.1 Å². The van der Waals surface area contributed by atoms with Gasteiger partial charge in [-0.3, -0.25) is 9.69 Å². The van der Waals surface area contributed by atoms with Gasteiger partial charge in [-0.2, -0.15) is 0 Å². The van der Waals surface area contributed by atoms with Gasteiger partial charge >= 0.3 is 0 Å². The molecule has 1 aromatic carbocycles. The number of carbonyl (C=O) groups excluding carboxylic acids is 1. The maximum atomic E-state index is 12.8. The first-order chi connectivity index (χ1) is 17.2. The second kappa shape index (κ2) is 11.8. The van der Waals surface area contributed by atoms with Crippen LogP contribution in [0.3, 0.4) is 0 Å². The molecule has 1 amide bonds. The molecule has 0 bridgehead atoms. The van der Waals surface area contributed by atoms with Crippen molar-refractivity contribution in [3.63, 3.8) is 0 Å². The Morgan fingerprint density at radius 1 is 0.943 bits per heavy atom. The number of piperidine rings is 2. The molecule has 5 heteroatoms. The van der Waals surface area contributed by atoms with E-state index in [9.17, 15) is 4.79 Å². The molecule has 4 nitrogen and oxygen atoms in total. The summed E-state index contributed by atoms with van der Waals surface area (Å²) in [5, 5.41) is 4.07. The first-order valence-electron chi connectivity index (χ1n) is 13.7. The number of hydrogen-bond acceptors (Lipinski definition) is 3. The van der Waals surface area contributed by atoms with E-state index in [4.69, 9.17) is 16.3 Å². The molecular weight excluding hydrogens is 456 g/mol. The number of ether oxygens (including phenoxy) is 1. The predicted octanol–water partition coefficient (Wildman–Crippen LogP) is 7.43. The highest BCUT2D eigenvalue weighted by atomic mass is 35.5. The van der Waals surface area contributed by atoms with Crippen LogP contribution in [0.2, 0.25) is 0 Å². The summed E-state index contributed by atoms with van der Waals surface area (Å²) in [6.07, 6.45) is 21.1. The third-order valence-electron chi connectivity index (χ3n) is 8.55. The lowest BCUT2D eigenvalue weighted by Crippen LogP contribution is -2.47. The Balaban J connectivity index is 1.07. The molecule has 2 heterocycles. The Bertz CT molecular complexity index is 957. The molecule has 2 aliphatic heterocycles. The molecule has 3 fully saturated rings. The fraction of sp³-hybridized carbons (Fsp3) is 0.567. The second-order valence-corrected chi connectivity index (χ2v) is 11.3. The van der Waals surface area contributed by atoms with Gasteiger partial charge in [-0.15, -0.1) is 0 Å². The molecule has 0 spiro atoms. The summed E-state index contributed by atoms with van der Waals surface area (Å²) in [4.78, 5) is 15.5. The van der Waals surface area contributed by atoms with E-state index < -0.39 is 0 Å². The van der Waals surface area contributed by atoms with Crippen molar-refractivity contribution in [1.82, 2.24) is 4.90 Å². The Morgan fingerprint density at radius 3 is 2.51 bits per heavy atom. The van der Waals surface area contributed by atoms with Crippen LogP contribution in [0.4, 0.5) is 5.69 Å². The normalized spacial score (nSPS) is 29.7. The summed E-state index contributed by atoms with van der Waals surface area (Å²) in [6, 6.07) is 8.47. The summed E-state index contributed by atoms with van der Waals surface area (Å²) in [7, 11) is 0. The molecule has 35 heavy (non-hydrogen) atoms. The van der Waals surface area contributed by atoms with Gasteiger partial charge in [-0.05, 0) is 126 Å². The maximum absolute atomic E-state index is 12.8. The molecular formula is C30H39ClN2O2. The largest absolute Gasteiger partial charge is 0.465 e. The van der Waals surface area contributed by atoms with E-state index in [1.165, 1.54) is 50.8 Å². The van der Waals surface area contributed by atoms with Crippen LogP contribution in [-0.4, -0.2) is 29.9 Å². The van der Waals surface area contributed by atoms with Crippen molar-refractivity contribution in [1.29, 1.82) is 0 Å². The van der Waals surface area contributed by atoms with E-state index in [1.807, 2.05) is 36.6 Å². The fourth-order valence-electron chi connectivity index (χ4n) is 6.50. The van der Waals surface area contributed by atoms with Gasteiger partial charge < -0.3 is 10.1 Å². The highest BCUT2D eigenvalue weighted by Gasteiger charge is 2.31. The van der Waals surface area contributed by atoms with Gasteiger partial charge in [0.15, 0.2) is 0 Å². The van der Waals surface area contributed by atoms with Gasteiger partial charge in [0.1, 0.15) is 5.75 Å². The molecule has 5 rings (SSSR count). The molecule has 2 saturated heterocycles. The first-order valence-corrected chi connectivity index (χ1v) is 14.1. The molecule has 188 valence electrons. The number of anilines is 1. The van der Waals surface area contributed by atoms with Crippen molar-refractivity contribution >= 4 is 23.2 Å². The Kier molecular flexibility index (Phi) is 8.31. The number of halogens is 1. The van der Waals surface area contributed by atoms with Crippen LogP contribution in [0.5, 0.6) is 5.75 Å². The summed E-state index contributed by atoms with van der Waals surface area (Å²) in [5.74, 6) is 2.27. The van der Waals surface area contributed by atoms with Crippen molar-refractivity contribution in [3.8, 4) is 5.75 Å². The molecule has 4 aliphatic rings. The molecule has 2 aliphatic carbocycles. The number of fused-ring (bicyclic) bond motifs is 1. The summed E-state index contributed by atoms with van der Waals surface area (Å²) in [6.45, 7) is 2.52. The van der Waals surface area contributed by atoms with Crippen molar-refractivity contribution in [3.05, 3.63) is 59.4 Å². The number of rotatable bonds is 6. The highest BCUT2D eigenvalue weighted by molar-refractivity contribution is 6.29. The lowest BCUT2D eigenvalue weighted by molar-refractivity contribution is -0.120. The standard InChI is InChI=1S/C30H39ClN2O2/c31-26-12-10-23(11-13-26)22-6-8-25(9-7-22)30(34)32-27-14-16-28(17-15-27)35-21-18-24-4-3-20-33-19-2-1-5-29(24)33/h10,12,14-18,21-22,24-25,29H,1-9,11,13,19-20H2,(H,32,34)/b21-18+. The number of benzene rings is 1. The van der Waals surface area contributed by atoms with Crippen LogP contribution in [0.1, 0.15) is 70.6 Å². The van der Waals surface area contributed by atoms with E-state index >= 15 is 0 Å². The van der Waals surface area contributed by atoms with Crippen molar-refractivity contribution in [2.45, 2.75) is 76.7 Å². The number of allylic oxidation sites excluding steroid dienone is 4. The number of carbonyl (C=O) groups is 1. The molecule has 1 saturated carbocycles. The van der Waals surface area contributed by atoms with Gasteiger partial charge in [-0.1, -0.05) is 29.7 Å². The predicted molar refractivity (Wildman–Crippen MR) is 143 cm³/mol. The SMILES string of the molecule is O=C(Nc1ccc(O/C=C/C2CCCN3CCCCC23)cc1)C1CCC(C2=CC=C(Cl)CC2)CC1. The molecule has 0 radical (unpaired) electrons. The van der Waals surface area contributed by atoms with Crippen molar-refractivity contribution in [2.24, 2.45) is 17.8 Å². The van der Waals surface area contributed by atoms with Gasteiger partial charge in [0.05, 0.1) is 6.26 Å². The zero-order valence-corrected chi connectivity index (χ0v) is 21.5. The molecule has 1 aromatic rings. The zero-order valence-electron chi connectivity index (χ0n) is 20.8. The van der Waals surface area contributed by atoms with Gasteiger partial charge in [0.2, 0.25) is 5.91 Å². The second-order valence-electron chi connectivity index (χ2n) is 10.8. The quantitative estimate of drug-likeness (QED) is 0.418. The van der Waals surface area contributed by atoms with Gasteiger partial charge in [-0.25, -0.2) is 0 Å². The third-order valence-corrected chi connectivity index (χ3v) is 8.86. The van der Waals surface area contributed by atoms with Gasteiger partial charge in [0.25, 0.3) is 0 Å². The average Bonchev–Trinajstić information content (AvgIpc) is 2.90. The fourth-order valence-corrected chi connectivity index (χ4v) is 6.66. The van der Waals surface area contributed by atoms with E-state index in [-0.39, 0.29) is 11.8 Å². The van der Waals surface area contributed by atoms with Crippen LogP contribution in [0.15, 0.2) is 59.4 Å². The summed E-state index contributed by atoms with van der Waals surface area (Å²) in [5.41, 5.74) is 2.35. The van der Waals surface area contributed by atoms with Crippen LogP contribution in [0.25, 0.3) is 0 Å². The van der Waals surface area contributed by atoms with Gasteiger partial charge in [0, 0.05) is 22.7 Å². The topological polar surface area (TPSA) is 41.6 Å². The van der Waals surface area contributed by atoms with Crippen molar-refractivity contribution < 1.29 is 9.53 Å². The minimum atomic E-state index is 0.100. The van der Waals surface area contributed by atoms with E-state index in [1.54, 1.807) is 0 Å². The third kappa shape index (κ3) is 6.40. The lowest BCUT2D eigenvalue weighted by atomic mass is 9.76. The monoisotopic (exact) mass is 494 g/mol. The molecule has 1 N–H and O–H groups in total. The number of amides is 1. The Hall–Kier alpha value is -2.04. The molecule has 2 unspecified atom stereocenters.